The summed E-state index contributed by atoms with van der Waals surface area (Å²) < 4.78 is 99.6. The van der Waals surface area contributed by atoms with E-state index in [0.717, 1.165) is 0 Å². The van der Waals surface area contributed by atoms with Gasteiger partial charge in [0.15, 0.2) is 10.0 Å². The quantitative estimate of drug-likeness (QED) is 0.752. The van der Waals surface area contributed by atoms with Gasteiger partial charge in [0.1, 0.15) is 0 Å². The van der Waals surface area contributed by atoms with Crippen molar-refractivity contribution in [3.05, 3.63) is 4.72 Å². The van der Waals surface area contributed by atoms with Crippen molar-refractivity contribution in [3.8, 4) is 0 Å². The molecule has 0 aromatic carbocycles. The first kappa shape index (κ1) is 16.5. The molecule has 0 aliphatic heterocycles. The molecule has 0 radical (unpaired) electrons. The van der Waals surface area contributed by atoms with Crippen molar-refractivity contribution in [2.24, 2.45) is 0 Å². The summed E-state index contributed by atoms with van der Waals surface area (Å²) in [5.41, 5.74) is -5.48. The fourth-order valence-corrected chi connectivity index (χ4v) is 2.44. The highest BCUT2D eigenvalue weighted by Crippen LogP contribution is 2.35. The summed E-state index contributed by atoms with van der Waals surface area (Å²) in [7, 11) is -5.59. The summed E-state index contributed by atoms with van der Waals surface area (Å²) >= 11 is 0. The van der Waals surface area contributed by atoms with Crippen molar-refractivity contribution >= 4 is 10.0 Å². The van der Waals surface area contributed by atoms with E-state index in [2.05, 4.69) is 9.46 Å². The zero-order valence-electron chi connectivity index (χ0n) is 9.33. The SMILES string of the molecule is O=S(=O)([N-]C1CCC(OC(F)(F)F)CC1)C(F)(F)F. The minimum atomic E-state index is -5.59. The summed E-state index contributed by atoms with van der Waals surface area (Å²) in [6, 6.07) is -1.15. The van der Waals surface area contributed by atoms with Gasteiger partial charge in [-0.05, 0) is 12.8 Å². The molecule has 1 saturated carbocycles. The first-order chi connectivity index (χ1) is 8.41. The standard InChI is InChI=1S/C8H10F6NO3S/c9-7(10,11)18-6-3-1-5(2-4-6)15-19(16,17)8(12,13)14/h5-6H,1-4H2/q-1. The molecule has 1 aliphatic rings. The largest absolute Gasteiger partial charge is 0.538 e. The third kappa shape index (κ3) is 5.15. The molecule has 0 amide bonds. The molecule has 0 heterocycles. The van der Waals surface area contributed by atoms with Gasteiger partial charge in [-0.2, -0.15) is 13.2 Å². The Bertz CT molecular complexity index is 396. The summed E-state index contributed by atoms with van der Waals surface area (Å²) in [5.74, 6) is 0. The van der Waals surface area contributed by atoms with Gasteiger partial charge in [0.25, 0.3) is 0 Å². The molecule has 0 atom stereocenters. The number of rotatable bonds is 3. The Morgan fingerprint density at radius 1 is 0.947 bits per heavy atom. The van der Waals surface area contributed by atoms with Gasteiger partial charge in [0.2, 0.25) is 0 Å². The lowest BCUT2D eigenvalue weighted by Crippen LogP contribution is -2.32. The second kappa shape index (κ2) is 5.44. The summed E-state index contributed by atoms with van der Waals surface area (Å²) in [6.45, 7) is 0. The van der Waals surface area contributed by atoms with Crippen LogP contribution in [0.1, 0.15) is 25.7 Å². The summed E-state index contributed by atoms with van der Waals surface area (Å²) in [4.78, 5) is 0. The number of hydrogen-bond donors (Lipinski definition) is 0. The summed E-state index contributed by atoms with van der Waals surface area (Å²) in [6.07, 6.45) is -6.76. The van der Waals surface area contributed by atoms with Gasteiger partial charge in [-0.25, -0.2) is 8.42 Å². The molecule has 1 rings (SSSR count). The van der Waals surface area contributed by atoms with E-state index in [1.807, 2.05) is 0 Å². The highest BCUT2D eigenvalue weighted by atomic mass is 32.2. The number of hydrogen-bond acceptors (Lipinski definition) is 3. The van der Waals surface area contributed by atoms with E-state index in [1.165, 1.54) is 0 Å². The average molecular weight is 314 g/mol. The van der Waals surface area contributed by atoms with Crippen LogP contribution in [0.5, 0.6) is 0 Å². The molecular weight excluding hydrogens is 304 g/mol. The number of sulfonamides is 1. The number of nitrogens with zero attached hydrogens (tertiary/aromatic N) is 1. The molecule has 1 aliphatic carbocycles. The Hall–Kier alpha value is -0.550. The van der Waals surface area contributed by atoms with Crippen LogP contribution in [0.2, 0.25) is 0 Å². The average Bonchev–Trinajstić information content (AvgIpc) is 2.16. The lowest BCUT2D eigenvalue weighted by atomic mass is 9.94. The van der Waals surface area contributed by atoms with Crippen LogP contribution in [0, 0.1) is 0 Å². The van der Waals surface area contributed by atoms with Crippen molar-refractivity contribution in [1.29, 1.82) is 0 Å². The van der Waals surface area contributed by atoms with Crippen molar-refractivity contribution in [3.63, 3.8) is 0 Å². The van der Waals surface area contributed by atoms with Crippen LogP contribution in [-0.4, -0.2) is 32.4 Å². The van der Waals surface area contributed by atoms with Gasteiger partial charge in [-0.15, -0.1) is 19.2 Å². The van der Waals surface area contributed by atoms with Crippen LogP contribution in [0.15, 0.2) is 0 Å². The van der Waals surface area contributed by atoms with Gasteiger partial charge < -0.3 is 4.72 Å². The van der Waals surface area contributed by atoms with E-state index in [9.17, 15) is 34.8 Å². The van der Waals surface area contributed by atoms with E-state index in [0.29, 0.717) is 0 Å². The highest BCUT2D eigenvalue weighted by Gasteiger charge is 2.40. The molecule has 0 unspecified atom stereocenters. The first-order valence-corrected chi connectivity index (χ1v) is 6.63. The Morgan fingerprint density at radius 2 is 1.42 bits per heavy atom. The molecular formula is C8H10F6NO3S-. The van der Waals surface area contributed by atoms with Crippen LogP contribution < -0.4 is 0 Å². The van der Waals surface area contributed by atoms with E-state index in [1.54, 1.807) is 0 Å². The molecule has 0 saturated heterocycles. The molecule has 114 valence electrons. The van der Waals surface area contributed by atoms with Crippen LogP contribution >= 0.6 is 0 Å². The zero-order chi connectivity index (χ0) is 14.9. The minimum absolute atomic E-state index is 0.193. The Morgan fingerprint density at radius 3 is 1.79 bits per heavy atom. The van der Waals surface area contributed by atoms with Crippen LogP contribution in [0.4, 0.5) is 26.3 Å². The second-order valence-corrected chi connectivity index (χ2v) is 5.64. The van der Waals surface area contributed by atoms with E-state index >= 15 is 0 Å². The van der Waals surface area contributed by atoms with Crippen molar-refractivity contribution in [1.82, 2.24) is 0 Å². The lowest BCUT2D eigenvalue weighted by molar-refractivity contribution is -0.345. The fraction of sp³-hybridized carbons (Fsp3) is 1.00. The smallest absolute Gasteiger partial charge is 0.522 e. The normalized spacial score (nSPS) is 26.4. The highest BCUT2D eigenvalue weighted by molar-refractivity contribution is 7.94. The molecule has 0 aromatic heterocycles. The van der Waals surface area contributed by atoms with Gasteiger partial charge in [0.05, 0.1) is 6.10 Å². The first-order valence-electron chi connectivity index (χ1n) is 5.18. The van der Waals surface area contributed by atoms with E-state index < -0.39 is 34.0 Å². The third-order valence-corrected chi connectivity index (χ3v) is 3.69. The molecule has 1 fully saturated rings. The van der Waals surface area contributed by atoms with Crippen LogP contribution in [-0.2, 0) is 14.8 Å². The maximum Gasteiger partial charge on any atom is 0.522 e. The predicted octanol–water partition coefficient (Wildman–Crippen LogP) is 3.06. The number of alkyl halides is 6. The Kier molecular flexibility index (Phi) is 4.73. The topological polar surface area (TPSA) is 57.5 Å². The minimum Gasteiger partial charge on any atom is -0.538 e. The molecule has 0 aromatic rings. The monoisotopic (exact) mass is 314 g/mol. The van der Waals surface area contributed by atoms with Crippen molar-refractivity contribution in [2.75, 3.05) is 0 Å². The maximum absolute atomic E-state index is 12.0. The number of ether oxygens (including phenoxy) is 1. The van der Waals surface area contributed by atoms with Crippen molar-refractivity contribution < 1.29 is 39.5 Å². The maximum atomic E-state index is 12.0. The second-order valence-electron chi connectivity index (χ2n) is 4.02. The Balaban J connectivity index is 2.48. The fourth-order valence-electron chi connectivity index (χ4n) is 1.71. The van der Waals surface area contributed by atoms with Gasteiger partial charge in [-0.1, -0.05) is 12.8 Å². The van der Waals surface area contributed by atoms with E-state index in [4.69, 9.17) is 0 Å². The molecule has 4 nitrogen and oxygen atoms in total. The molecule has 11 heteroatoms. The van der Waals surface area contributed by atoms with Gasteiger partial charge >= 0.3 is 11.9 Å². The molecule has 19 heavy (non-hydrogen) atoms. The molecule has 0 bridgehead atoms. The Labute approximate surface area is 105 Å². The van der Waals surface area contributed by atoms with Crippen LogP contribution in [0.3, 0.4) is 0 Å². The predicted molar refractivity (Wildman–Crippen MR) is 51.5 cm³/mol. The van der Waals surface area contributed by atoms with Gasteiger partial charge in [-0.3, -0.25) is 4.74 Å². The summed E-state index contributed by atoms with van der Waals surface area (Å²) in [5, 5.41) is 0. The molecule has 0 N–H and O–H groups in total. The molecule has 0 spiro atoms. The van der Waals surface area contributed by atoms with Crippen LogP contribution in [0.25, 0.3) is 4.72 Å². The lowest BCUT2D eigenvalue weighted by Gasteiger charge is -2.37. The number of halogens is 6. The zero-order valence-corrected chi connectivity index (χ0v) is 10.1. The third-order valence-electron chi connectivity index (χ3n) is 2.52. The van der Waals surface area contributed by atoms with E-state index in [-0.39, 0.29) is 25.7 Å². The van der Waals surface area contributed by atoms with Gasteiger partial charge in [0, 0.05) is 0 Å². The van der Waals surface area contributed by atoms with Crippen molar-refractivity contribution in [2.45, 2.75) is 49.7 Å².